The lowest BCUT2D eigenvalue weighted by Crippen LogP contribution is -2.32. The van der Waals surface area contributed by atoms with E-state index in [1.165, 1.54) is 0 Å². The largest absolute Gasteiger partial charge is 0.508 e. The van der Waals surface area contributed by atoms with Gasteiger partial charge in [-0.1, -0.05) is 12.8 Å². The van der Waals surface area contributed by atoms with Gasteiger partial charge in [-0.25, -0.2) is 8.78 Å². The van der Waals surface area contributed by atoms with Gasteiger partial charge in [-0.2, -0.15) is 0 Å². The fourth-order valence-corrected chi connectivity index (χ4v) is 2.60. The third-order valence-corrected chi connectivity index (χ3v) is 3.56. The Morgan fingerprint density at radius 1 is 1.19 bits per heavy atom. The Balaban J connectivity index is 2.50. The highest BCUT2D eigenvalue weighted by molar-refractivity contribution is 5.40. The summed E-state index contributed by atoms with van der Waals surface area (Å²) in [6, 6.07) is 1.92. The number of aromatic hydroxyl groups is 1. The second kappa shape index (κ2) is 4.01. The zero-order chi connectivity index (χ0) is 11.8. The van der Waals surface area contributed by atoms with Crippen molar-refractivity contribution in [2.75, 3.05) is 6.54 Å². The smallest absolute Gasteiger partial charge is 0.162 e. The highest BCUT2D eigenvalue weighted by Crippen LogP contribution is 2.44. The minimum atomic E-state index is -1.02. The molecule has 3 N–H and O–H groups in total. The highest BCUT2D eigenvalue weighted by atomic mass is 19.2. The fourth-order valence-electron chi connectivity index (χ4n) is 2.60. The van der Waals surface area contributed by atoms with E-state index in [1.807, 2.05) is 0 Å². The van der Waals surface area contributed by atoms with Gasteiger partial charge in [0, 0.05) is 23.6 Å². The topological polar surface area (TPSA) is 46.2 Å². The Bertz CT molecular complexity index is 400. The summed E-state index contributed by atoms with van der Waals surface area (Å²) in [7, 11) is 0. The Labute approximate surface area is 93.1 Å². The van der Waals surface area contributed by atoms with E-state index in [9.17, 15) is 13.9 Å². The molecular weight excluding hydrogens is 212 g/mol. The highest BCUT2D eigenvalue weighted by Gasteiger charge is 2.37. The molecule has 1 aromatic carbocycles. The molecule has 1 saturated carbocycles. The molecule has 1 aromatic rings. The van der Waals surface area contributed by atoms with Crippen LogP contribution in [0.15, 0.2) is 12.1 Å². The van der Waals surface area contributed by atoms with Crippen LogP contribution >= 0.6 is 0 Å². The van der Waals surface area contributed by atoms with Crippen LogP contribution in [0.1, 0.15) is 31.2 Å². The summed E-state index contributed by atoms with van der Waals surface area (Å²) in [5.74, 6) is -2.13. The average molecular weight is 227 g/mol. The maximum atomic E-state index is 13.2. The maximum Gasteiger partial charge on any atom is 0.162 e. The van der Waals surface area contributed by atoms with Crippen LogP contribution in [0, 0.1) is 11.6 Å². The van der Waals surface area contributed by atoms with Crippen molar-refractivity contribution in [1.29, 1.82) is 0 Å². The van der Waals surface area contributed by atoms with Crippen LogP contribution in [0.25, 0.3) is 0 Å². The summed E-state index contributed by atoms with van der Waals surface area (Å²) in [5.41, 5.74) is 5.80. The van der Waals surface area contributed by atoms with Gasteiger partial charge >= 0.3 is 0 Å². The van der Waals surface area contributed by atoms with Crippen molar-refractivity contribution in [1.82, 2.24) is 0 Å². The number of rotatable bonds is 2. The molecule has 2 nitrogen and oxygen atoms in total. The van der Waals surface area contributed by atoms with Crippen LogP contribution in [0.2, 0.25) is 0 Å². The standard InChI is InChI=1S/C12H15F2NO/c13-9-5-8(11(16)6-10(9)14)12(7-15)3-1-2-4-12/h5-6,16H,1-4,7,15H2. The molecular formula is C12H15F2NO. The molecule has 0 saturated heterocycles. The van der Waals surface area contributed by atoms with Crippen molar-refractivity contribution in [3.8, 4) is 5.75 Å². The first kappa shape index (κ1) is 11.3. The lowest BCUT2D eigenvalue weighted by Gasteiger charge is -2.28. The van der Waals surface area contributed by atoms with Crippen molar-refractivity contribution in [3.63, 3.8) is 0 Å². The van der Waals surface area contributed by atoms with E-state index in [4.69, 9.17) is 5.73 Å². The van der Waals surface area contributed by atoms with Crippen LogP contribution in [0.5, 0.6) is 5.75 Å². The van der Waals surface area contributed by atoms with E-state index in [0.717, 1.165) is 37.8 Å². The van der Waals surface area contributed by atoms with E-state index in [2.05, 4.69) is 0 Å². The Morgan fingerprint density at radius 3 is 2.31 bits per heavy atom. The van der Waals surface area contributed by atoms with Crippen LogP contribution in [0.4, 0.5) is 8.78 Å². The van der Waals surface area contributed by atoms with Gasteiger partial charge in [0.1, 0.15) is 5.75 Å². The van der Waals surface area contributed by atoms with Gasteiger partial charge in [-0.3, -0.25) is 0 Å². The molecule has 2 rings (SSSR count). The zero-order valence-corrected chi connectivity index (χ0v) is 8.97. The fraction of sp³-hybridized carbons (Fsp3) is 0.500. The predicted molar refractivity (Wildman–Crippen MR) is 57.2 cm³/mol. The minimum Gasteiger partial charge on any atom is -0.508 e. The summed E-state index contributed by atoms with van der Waals surface area (Å²) in [6.07, 6.45) is 3.66. The molecule has 0 unspecified atom stereocenters. The number of phenols is 1. The van der Waals surface area contributed by atoms with Crippen molar-refractivity contribution in [3.05, 3.63) is 29.3 Å². The van der Waals surface area contributed by atoms with Crippen LogP contribution < -0.4 is 5.73 Å². The van der Waals surface area contributed by atoms with Gasteiger partial charge in [0.25, 0.3) is 0 Å². The zero-order valence-electron chi connectivity index (χ0n) is 8.97. The molecule has 1 aliphatic carbocycles. The molecule has 0 aromatic heterocycles. The van der Waals surface area contributed by atoms with Gasteiger partial charge in [0.2, 0.25) is 0 Å². The molecule has 4 heteroatoms. The van der Waals surface area contributed by atoms with E-state index in [0.29, 0.717) is 12.1 Å². The first-order valence-corrected chi connectivity index (χ1v) is 5.48. The molecule has 0 amide bonds. The summed E-state index contributed by atoms with van der Waals surface area (Å²) in [5, 5.41) is 9.71. The summed E-state index contributed by atoms with van der Waals surface area (Å²) < 4.78 is 26.1. The van der Waals surface area contributed by atoms with Crippen molar-refractivity contribution < 1.29 is 13.9 Å². The number of hydrogen-bond acceptors (Lipinski definition) is 2. The van der Waals surface area contributed by atoms with Gasteiger partial charge < -0.3 is 10.8 Å². The molecule has 0 aliphatic heterocycles. The van der Waals surface area contributed by atoms with Crippen molar-refractivity contribution >= 4 is 0 Å². The summed E-state index contributed by atoms with van der Waals surface area (Å²) >= 11 is 0. The molecule has 0 atom stereocenters. The van der Waals surface area contributed by atoms with Crippen LogP contribution in [0.3, 0.4) is 0 Å². The second-order valence-corrected chi connectivity index (χ2v) is 4.48. The Morgan fingerprint density at radius 2 is 1.75 bits per heavy atom. The van der Waals surface area contributed by atoms with Crippen LogP contribution in [-0.4, -0.2) is 11.7 Å². The second-order valence-electron chi connectivity index (χ2n) is 4.48. The van der Waals surface area contributed by atoms with Crippen molar-refractivity contribution in [2.24, 2.45) is 5.73 Å². The molecule has 0 heterocycles. The van der Waals surface area contributed by atoms with E-state index < -0.39 is 11.6 Å². The number of benzene rings is 1. The van der Waals surface area contributed by atoms with Crippen molar-refractivity contribution in [2.45, 2.75) is 31.1 Å². The molecule has 16 heavy (non-hydrogen) atoms. The van der Waals surface area contributed by atoms with Gasteiger partial charge in [0.05, 0.1) is 0 Å². The molecule has 1 aliphatic rings. The average Bonchev–Trinajstić information content (AvgIpc) is 2.73. The lowest BCUT2D eigenvalue weighted by atomic mass is 9.78. The SMILES string of the molecule is NCC1(c2cc(F)c(F)cc2O)CCCC1. The first-order valence-electron chi connectivity index (χ1n) is 5.48. The monoisotopic (exact) mass is 227 g/mol. The maximum absolute atomic E-state index is 13.2. The number of halogens is 2. The van der Waals surface area contributed by atoms with E-state index in [-0.39, 0.29) is 11.2 Å². The van der Waals surface area contributed by atoms with E-state index in [1.54, 1.807) is 0 Å². The molecule has 0 bridgehead atoms. The third-order valence-electron chi connectivity index (χ3n) is 3.56. The molecule has 88 valence electrons. The molecule has 0 radical (unpaired) electrons. The lowest BCUT2D eigenvalue weighted by molar-refractivity contribution is 0.394. The number of phenolic OH excluding ortho intramolecular Hbond substituents is 1. The molecule has 0 spiro atoms. The predicted octanol–water partition coefficient (Wildman–Crippen LogP) is 2.44. The summed E-state index contributed by atoms with van der Waals surface area (Å²) in [4.78, 5) is 0. The summed E-state index contributed by atoms with van der Waals surface area (Å²) in [6.45, 7) is 0.353. The van der Waals surface area contributed by atoms with Gasteiger partial charge in [-0.15, -0.1) is 0 Å². The normalized spacial score (nSPS) is 18.9. The Kier molecular flexibility index (Phi) is 2.84. The molecule has 1 fully saturated rings. The Hall–Kier alpha value is -1.16. The van der Waals surface area contributed by atoms with Gasteiger partial charge in [0.15, 0.2) is 11.6 Å². The quantitative estimate of drug-likeness (QED) is 0.815. The number of hydrogen-bond donors (Lipinski definition) is 2. The van der Waals surface area contributed by atoms with E-state index >= 15 is 0 Å². The first-order chi connectivity index (χ1) is 7.59. The minimum absolute atomic E-state index is 0.189. The number of nitrogens with two attached hydrogens (primary N) is 1. The van der Waals surface area contributed by atoms with Gasteiger partial charge in [-0.05, 0) is 18.9 Å². The van der Waals surface area contributed by atoms with Crippen LogP contribution in [-0.2, 0) is 5.41 Å². The third kappa shape index (κ3) is 1.67.